The summed E-state index contributed by atoms with van der Waals surface area (Å²) in [4.78, 5) is 45.0. The van der Waals surface area contributed by atoms with Crippen molar-refractivity contribution in [2.45, 2.75) is 0 Å². The maximum Gasteiger partial charge on any atom is 0.323 e. The number of anilines is 1. The van der Waals surface area contributed by atoms with Gasteiger partial charge in [0.05, 0.1) is 0 Å². The number of carboxylic acids is 1. The monoisotopic (exact) mass is 294 g/mol. The van der Waals surface area contributed by atoms with E-state index in [9.17, 15) is 19.2 Å². The summed E-state index contributed by atoms with van der Waals surface area (Å²) in [5.41, 5.74) is 10.6. The number of rotatable bonds is 6. The van der Waals surface area contributed by atoms with Crippen molar-refractivity contribution in [3.8, 4) is 0 Å². The minimum atomic E-state index is -1.28. The Hall–Kier alpha value is -3.10. The minimum absolute atomic E-state index is 0.257. The SMILES string of the molecule is NC(=O)CN(CC(=O)O)C(=O)Nc1ccc(C(N)=O)cc1. The molecule has 0 bridgehead atoms. The van der Waals surface area contributed by atoms with Crippen molar-refractivity contribution >= 4 is 29.5 Å². The lowest BCUT2D eigenvalue weighted by Crippen LogP contribution is -2.43. The Labute approximate surface area is 119 Å². The lowest BCUT2D eigenvalue weighted by molar-refractivity contribution is -0.137. The van der Waals surface area contributed by atoms with Crippen LogP contribution in [-0.4, -0.2) is 46.9 Å². The van der Waals surface area contributed by atoms with Crippen molar-refractivity contribution in [2.24, 2.45) is 11.5 Å². The van der Waals surface area contributed by atoms with Gasteiger partial charge in [0.25, 0.3) is 0 Å². The first-order valence-corrected chi connectivity index (χ1v) is 5.75. The van der Waals surface area contributed by atoms with E-state index >= 15 is 0 Å². The molecule has 0 radical (unpaired) electrons. The molecule has 0 aliphatic carbocycles. The fourth-order valence-corrected chi connectivity index (χ4v) is 1.47. The van der Waals surface area contributed by atoms with Crippen LogP contribution < -0.4 is 16.8 Å². The highest BCUT2D eigenvalue weighted by atomic mass is 16.4. The molecule has 1 rings (SSSR count). The number of carboxylic acid groups (broad SMARTS) is 1. The minimum Gasteiger partial charge on any atom is -0.480 e. The van der Waals surface area contributed by atoms with Crippen LogP contribution in [0.15, 0.2) is 24.3 Å². The smallest absolute Gasteiger partial charge is 0.323 e. The number of amides is 4. The van der Waals surface area contributed by atoms with Gasteiger partial charge in [0.15, 0.2) is 0 Å². The van der Waals surface area contributed by atoms with E-state index in [0.717, 1.165) is 4.90 Å². The Balaban J connectivity index is 2.77. The summed E-state index contributed by atoms with van der Waals surface area (Å²) >= 11 is 0. The van der Waals surface area contributed by atoms with Crippen LogP contribution in [0.5, 0.6) is 0 Å². The number of aliphatic carboxylic acids is 1. The molecule has 9 heteroatoms. The van der Waals surface area contributed by atoms with Crippen LogP contribution in [0.2, 0.25) is 0 Å². The molecule has 0 aliphatic rings. The van der Waals surface area contributed by atoms with Crippen LogP contribution in [0, 0.1) is 0 Å². The van der Waals surface area contributed by atoms with Crippen molar-refractivity contribution in [1.29, 1.82) is 0 Å². The van der Waals surface area contributed by atoms with E-state index in [1.165, 1.54) is 24.3 Å². The Morgan fingerprint density at radius 3 is 2.05 bits per heavy atom. The van der Waals surface area contributed by atoms with Crippen molar-refractivity contribution in [2.75, 3.05) is 18.4 Å². The van der Waals surface area contributed by atoms with Gasteiger partial charge in [0.1, 0.15) is 13.1 Å². The molecule has 0 atom stereocenters. The lowest BCUT2D eigenvalue weighted by atomic mass is 10.2. The van der Waals surface area contributed by atoms with Crippen molar-refractivity contribution in [3.05, 3.63) is 29.8 Å². The number of primary amides is 2. The molecular formula is C12H14N4O5. The Morgan fingerprint density at radius 1 is 1.05 bits per heavy atom. The van der Waals surface area contributed by atoms with Crippen LogP contribution in [-0.2, 0) is 9.59 Å². The second-order valence-electron chi connectivity index (χ2n) is 4.09. The largest absolute Gasteiger partial charge is 0.480 e. The van der Waals surface area contributed by atoms with Crippen LogP contribution in [0.1, 0.15) is 10.4 Å². The van der Waals surface area contributed by atoms with E-state index in [2.05, 4.69) is 5.32 Å². The maximum absolute atomic E-state index is 11.9. The highest BCUT2D eigenvalue weighted by molar-refractivity contribution is 5.96. The first-order valence-electron chi connectivity index (χ1n) is 5.75. The number of nitrogens with zero attached hydrogens (tertiary/aromatic N) is 1. The van der Waals surface area contributed by atoms with E-state index in [4.69, 9.17) is 16.6 Å². The van der Waals surface area contributed by atoms with Gasteiger partial charge < -0.3 is 26.8 Å². The van der Waals surface area contributed by atoms with Crippen molar-refractivity contribution < 1.29 is 24.3 Å². The summed E-state index contributed by atoms with van der Waals surface area (Å²) < 4.78 is 0. The summed E-state index contributed by atoms with van der Waals surface area (Å²) in [5.74, 6) is -2.74. The van der Waals surface area contributed by atoms with Gasteiger partial charge in [-0.2, -0.15) is 0 Å². The molecule has 21 heavy (non-hydrogen) atoms. The number of benzene rings is 1. The number of carbonyl (C=O) groups excluding carboxylic acids is 3. The topological polar surface area (TPSA) is 156 Å². The third-order valence-corrected chi connectivity index (χ3v) is 2.38. The zero-order valence-electron chi connectivity index (χ0n) is 10.9. The first kappa shape index (κ1) is 16.0. The van der Waals surface area contributed by atoms with Gasteiger partial charge in [-0.1, -0.05) is 0 Å². The van der Waals surface area contributed by atoms with Gasteiger partial charge in [-0.15, -0.1) is 0 Å². The van der Waals surface area contributed by atoms with Crippen molar-refractivity contribution in [1.82, 2.24) is 4.90 Å². The summed E-state index contributed by atoms with van der Waals surface area (Å²) in [6, 6.07) is 4.83. The predicted octanol–water partition coefficient (Wildman–Crippen LogP) is -0.811. The maximum atomic E-state index is 11.9. The summed E-state index contributed by atoms with van der Waals surface area (Å²) in [6.45, 7) is -1.20. The van der Waals surface area contributed by atoms with Crippen LogP contribution >= 0.6 is 0 Å². The number of carbonyl (C=O) groups is 4. The zero-order chi connectivity index (χ0) is 16.0. The van der Waals surface area contributed by atoms with Crippen LogP contribution in [0.3, 0.4) is 0 Å². The lowest BCUT2D eigenvalue weighted by Gasteiger charge is -2.19. The molecular weight excluding hydrogens is 280 g/mol. The summed E-state index contributed by atoms with van der Waals surface area (Å²) in [6.07, 6.45) is 0. The van der Waals surface area contributed by atoms with Gasteiger partial charge >= 0.3 is 12.0 Å². The molecule has 0 heterocycles. The van der Waals surface area contributed by atoms with E-state index < -0.39 is 36.9 Å². The summed E-state index contributed by atoms with van der Waals surface area (Å²) in [7, 11) is 0. The second-order valence-corrected chi connectivity index (χ2v) is 4.09. The molecule has 1 aromatic carbocycles. The van der Waals surface area contributed by atoms with Gasteiger partial charge in [0.2, 0.25) is 11.8 Å². The molecule has 0 unspecified atom stereocenters. The van der Waals surface area contributed by atoms with Crippen LogP contribution in [0.25, 0.3) is 0 Å². The standard InChI is InChI=1S/C12H14N4O5/c13-9(17)5-16(6-10(18)19)12(21)15-8-3-1-7(2-4-8)11(14)20/h1-4H,5-6H2,(H2,13,17)(H2,14,20)(H,15,21)(H,18,19). The van der Waals surface area contributed by atoms with Gasteiger partial charge in [-0.05, 0) is 24.3 Å². The number of hydrogen-bond acceptors (Lipinski definition) is 4. The normalized spacial score (nSPS) is 9.71. The number of nitrogens with one attached hydrogen (secondary N) is 1. The van der Waals surface area contributed by atoms with Gasteiger partial charge in [-0.25, -0.2) is 4.79 Å². The van der Waals surface area contributed by atoms with E-state index in [1.54, 1.807) is 0 Å². The molecule has 0 spiro atoms. The average molecular weight is 294 g/mol. The van der Waals surface area contributed by atoms with E-state index in [-0.39, 0.29) is 5.56 Å². The average Bonchev–Trinajstić information content (AvgIpc) is 2.37. The third kappa shape index (κ3) is 5.19. The Morgan fingerprint density at radius 2 is 1.62 bits per heavy atom. The number of urea groups is 1. The molecule has 9 nitrogen and oxygen atoms in total. The molecule has 0 saturated carbocycles. The molecule has 4 amide bonds. The predicted molar refractivity (Wildman–Crippen MR) is 72.4 cm³/mol. The van der Waals surface area contributed by atoms with Gasteiger partial charge in [-0.3, -0.25) is 14.4 Å². The molecule has 0 aromatic heterocycles. The molecule has 6 N–H and O–H groups in total. The Bertz CT molecular complexity index is 554. The molecule has 112 valence electrons. The molecule has 0 aliphatic heterocycles. The molecule has 0 fully saturated rings. The van der Waals surface area contributed by atoms with Crippen molar-refractivity contribution in [3.63, 3.8) is 0 Å². The number of nitrogens with two attached hydrogens (primary N) is 2. The van der Waals surface area contributed by atoms with E-state index in [1.807, 2.05) is 0 Å². The molecule has 0 saturated heterocycles. The van der Waals surface area contributed by atoms with Gasteiger partial charge in [0, 0.05) is 11.3 Å². The third-order valence-electron chi connectivity index (χ3n) is 2.38. The van der Waals surface area contributed by atoms with Crippen LogP contribution in [0.4, 0.5) is 10.5 Å². The van der Waals surface area contributed by atoms with E-state index in [0.29, 0.717) is 5.69 Å². The number of hydrogen-bond donors (Lipinski definition) is 4. The first-order chi connectivity index (χ1) is 9.79. The fraction of sp³-hybridized carbons (Fsp3) is 0.167. The summed E-state index contributed by atoms with van der Waals surface area (Å²) in [5, 5.41) is 11.1. The zero-order valence-corrected chi connectivity index (χ0v) is 10.9. The highest BCUT2D eigenvalue weighted by Gasteiger charge is 2.18. The Kier molecular flexibility index (Phi) is 5.24. The highest BCUT2D eigenvalue weighted by Crippen LogP contribution is 2.10. The molecule has 1 aromatic rings. The second kappa shape index (κ2) is 6.89. The fourth-order valence-electron chi connectivity index (χ4n) is 1.47. The quantitative estimate of drug-likeness (QED) is 0.539.